The molecule has 1 N–H and O–H groups in total. The Morgan fingerprint density at radius 2 is 1.86 bits per heavy atom. The summed E-state index contributed by atoms with van der Waals surface area (Å²) in [6.07, 6.45) is 2.78. The Bertz CT molecular complexity index is 1370. The van der Waals surface area contributed by atoms with Crippen LogP contribution in [0.5, 0.6) is 0 Å². The van der Waals surface area contributed by atoms with Crippen LogP contribution in [0, 0.1) is 13.8 Å². The topological polar surface area (TPSA) is 98.3 Å². The molecule has 184 valence electrons. The molecule has 2 aromatic carbocycles. The van der Waals surface area contributed by atoms with E-state index >= 15 is 0 Å². The van der Waals surface area contributed by atoms with Gasteiger partial charge in [0.1, 0.15) is 6.04 Å². The number of amides is 1. The molecule has 0 saturated carbocycles. The molecule has 4 aromatic rings. The molecule has 1 atom stereocenters. The zero-order valence-corrected chi connectivity index (χ0v) is 20.5. The number of aromatic nitrogens is 4. The van der Waals surface area contributed by atoms with Gasteiger partial charge in [-0.25, -0.2) is 0 Å². The van der Waals surface area contributed by atoms with Gasteiger partial charge < -0.3 is 9.42 Å². The highest BCUT2D eigenvalue weighted by Crippen LogP contribution is 2.34. The van der Waals surface area contributed by atoms with E-state index in [-0.39, 0.29) is 5.91 Å². The molecule has 1 amide bonds. The molecule has 1 aliphatic heterocycles. The van der Waals surface area contributed by atoms with Crippen molar-refractivity contribution in [3.63, 3.8) is 0 Å². The van der Waals surface area contributed by atoms with Crippen molar-refractivity contribution in [2.24, 2.45) is 0 Å². The van der Waals surface area contributed by atoms with E-state index in [0.717, 1.165) is 28.2 Å². The number of carbonyl (C=O) groups excluding carboxylic acids is 1. The third-order valence-corrected chi connectivity index (χ3v) is 6.17. The van der Waals surface area contributed by atoms with Gasteiger partial charge in [0.15, 0.2) is 5.82 Å². The number of hydrogen-bond donors (Lipinski definition) is 1. The third kappa shape index (κ3) is 4.92. The van der Waals surface area contributed by atoms with Crippen LogP contribution >= 0.6 is 0 Å². The van der Waals surface area contributed by atoms with Crippen molar-refractivity contribution in [3.8, 4) is 11.1 Å². The highest BCUT2D eigenvalue weighted by Gasteiger charge is 2.35. The van der Waals surface area contributed by atoms with E-state index in [0.29, 0.717) is 36.7 Å². The summed E-state index contributed by atoms with van der Waals surface area (Å²) >= 11 is 0. The fourth-order valence-corrected chi connectivity index (χ4v) is 4.42. The van der Waals surface area contributed by atoms with E-state index in [1.807, 2.05) is 79.2 Å². The molecule has 1 unspecified atom stereocenters. The predicted molar refractivity (Wildman–Crippen MR) is 133 cm³/mol. The van der Waals surface area contributed by atoms with Gasteiger partial charge in [0, 0.05) is 36.8 Å². The molecule has 0 spiro atoms. The van der Waals surface area contributed by atoms with Crippen LogP contribution in [0.2, 0.25) is 0 Å². The number of nitrogens with zero attached hydrogens (tertiary/aromatic N) is 5. The smallest absolute Gasteiger partial charge is 0.258 e. The Hall–Kier alpha value is -4.24. The van der Waals surface area contributed by atoms with Crippen molar-refractivity contribution < 1.29 is 14.2 Å². The molecule has 9 heteroatoms. The van der Waals surface area contributed by atoms with Crippen molar-refractivity contribution >= 4 is 5.91 Å². The van der Waals surface area contributed by atoms with E-state index in [1.54, 1.807) is 11.1 Å². The Morgan fingerprint density at radius 3 is 2.56 bits per heavy atom. The Balaban J connectivity index is 1.33. The van der Waals surface area contributed by atoms with Gasteiger partial charge in [0.2, 0.25) is 5.89 Å². The van der Waals surface area contributed by atoms with Crippen molar-refractivity contribution in [1.29, 1.82) is 0 Å². The second kappa shape index (κ2) is 10.2. The number of carbonyl (C=O) groups is 1. The van der Waals surface area contributed by atoms with E-state index < -0.39 is 6.04 Å². The normalized spacial score (nSPS) is 15.2. The highest BCUT2D eigenvalue weighted by molar-refractivity contribution is 5.96. The van der Waals surface area contributed by atoms with Gasteiger partial charge >= 0.3 is 0 Å². The first-order valence-electron chi connectivity index (χ1n) is 11.8. The van der Waals surface area contributed by atoms with E-state index in [2.05, 4.69) is 20.7 Å². The molecule has 36 heavy (non-hydrogen) atoms. The van der Waals surface area contributed by atoms with Crippen LogP contribution in [0.15, 0.2) is 77.1 Å². The summed E-state index contributed by atoms with van der Waals surface area (Å²) in [5.74, 6) is 0.803. The maximum absolute atomic E-state index is 13.5. The number of nitrogens with one attached hydrogen (secondary N) is 1. The number of rotatable bonds is 8. The maximum atomic E-state index is 13.5. The molecule has 1 aliphatic rings. The lowest BCUT2D eigenvalue weighted by atomic mass is 10.0. The fraction of sp³-hybridized carbons (Fsp3) is 0.259. The standard InChI is InChI=1S/C27H28N6O3/c1-18-15-19(2)33(29-18)14-13-25-28-26(36-31-25)24-16-23(30-35-3)17-32(24)27(34)22-11-9-21(10-12-22)20-7-5-4-6-8-20/h4-12,15,17,24,30H,13-14,16H2,1-3H3. The maximum Gasteiger partial charge on any atom is 0.258 e. The second-order valence-corrected chi connectivity index (χ2v) is 8.79. The first-order chi connectivity index (χ1) is 17.5. The minimum atomic E-state index is -0.432. The van der Waals surface area contributed by atoms with E-state index in [9.17, 15) is 4.79 Å². The zero-order chi connectivity index (χ0) is 25.1. The second-order valence-electron chi connectivity index (χ2n) is 8.79. The zero-order valence-electron chi connectivity index (χ0n) is 20.5. The largest absolute Gasteiger partial charge is 0.337 e. The molecular formula is C27H28N6O3. The lowest BCUT2D eigenvalue weighted by Crippen LogP contribution is -2.27. The van der Waals surface area contributed by atoms with Crippen LogP contribution in [-0.4, -0.2) is 37.8 Å². The van der Waals surface area contributed by atoms with Crippen LogP contribution in [0.1, 0.15) is 45.9 Å². The number of benzene rings is 2. The number of hydroxylamine groups is 1. The molecule has 0 radical (unpaired) electrons. The summed E-state index contributed by atoms with van der Waals surface area (Å²) in [5.41, 5.74) is 8.36. The molecule has 0 bridgehead atoms. The minimum Gasteiger partial charge on any atom is -0.337 e. The van der Waals surface area contributed by atoms with Gasteiger partial charge in [-0.05, 0) is 43.2 Å². The van der Waals surface area contributed by atoms with Crippen molar-refractivity contribution in [2.45, 2.75) is 39.3 Å². The average molecular weight is 485 g/mol. The van der Waals surface area contributed by atoms with Gasteiger partial charge in [-0.3, -0.25) is 19.8 Å². The Labute approximate surface area is 209 Å². The SMILES string of the molecule is CONC1=CN(C(=O)c2ccc(-c3ccccc3)cc2)C(c2nc(CCn3nc(C)cc3C)no2)C1. The summed E-state index contributed by atoms with van der Waals surface area (Å²) in [5, 5.41) is 8.64. The monoisotopic (exact) mass is 484 g/mol. The minimum absolute atomic E-state index is 0.157. The summed E-state index contributed by atoms with van der Waals surface area (Å²) in [6.45, 7) is 4.63. The molecule has 0 aliphatic carbocycles. The fourth-order valence-electron chi connectivity index (χ4n) is 4.42. The van der Waals surface area contributed by atoms with E-state index in [4.69, 9.17) is 9.36 Å². The molecule has 0 saturated heterocycles. The summed E-state index contributed by atoms with van der Waals surface area (Å²) < 4.78 is 7.53. The summed E-state index contributed by atoms with van der Waals surface area (Å²) in [6, 6.07) is 19.2. The van der Waals surface area contributed by atoms with Crippen molar-refractivity contribution in [1.82, 2.24) is 30.3 Å². The molecule has 3 heterocycles. The van der Waals surface area contributed by atoms with Gasteiger partial charge in [-0.1, -0.05) is 47.6 Å². The van der Waals surface area contributed by atoms with Crippen molar-refractivity contribution in [2.75, 3.05) is 7.11 Å². The van der Waals surface area contributed by atoms with Gasteiger partial charge in [0.25, 0.3) is 5.91 Å². The first kappa shape index (κ1) is 23.5. The quantitative estimate of drug-likeness (QED) is 0.371. The highest BCUT2D eigenvalue weighted by atomic mass is 16.6. The predicted octanol–water partition coefficient (Wildman–Crippen LogP) is 4.37. The summed E-state index contributed by atoms with van der Waals surface area (Å²) in [4.78, 5) is 24.8. The van der Waals surface area contributed by atoms with Crippen LogP contribution in [0.25, 0.3) is 11.1 Å². The number of hydrogen-bond acceptors (Lipinski definition) is 7. The average Bonchev–Trinajstić information content (AvgIpc) is 3.61. The third-order valence-electron chi connectivity index (χ3n) is 6.17. The lowest BCUT2D eigenvalue weighted by molar-refractivity contribution is 0.0760. The van der Waals surface area contributed by atoms with Gasteiger partial charge in [-0.2, -0.15) is 10.1 Å². The van der Waals surface area contributed by atoms with Crippen molar-refractivity contribution in [3.05, 3.63) is 101 Å². The van der Waals surface area contributed by atoms with Crippen LogP contribution in [-0.2, 0) is 17.8 Å². The first-order valence-corrected chi connectivity index (χ1v) is 11.8. The van der Waals surface area contributed by atoms with Gasteiger partial charge in [0.05, 0.1) is 18.5 Å². The molecule has 9 nitrogen and oxygen atoms in total. The van der Waals surface area contributed by atoms with Crippen LogP contribution in [0.3, 0.4) is 0 Å². The van der Waals surface area contributed by atoms with Crippen LogP contribution < -0.4 is 5.48 Å². The molecule has 0 fully saturated rings. The molecular weight excluding hydrogens is 456 g/mol. The lowest BCUT2D eigenvalue weighted by Gasteiger charge is -2.20. The Kier molecular flexibility index (Phi) is 6.64. The number of aryl methyl sites for hydroxylation is 4. The Morgan fingerprint density at radius 1 is 1.11 bits per heavy atom. The summed E-state index contributed by atoms with van der Waals surface area (Å²) in [7, 11) is 1.53. The van der Waals surface area contributed by atoms with E-state index in [1.165, 1.54) is 7.11 Å². The van der Waals surface area contributed by atoms with Gasteiger partial charge in [-0.15, -0.1) is 0 Å². The van der Waals surface area contributed by atoms with Crippen LogP contribution in [0.4, 0.5) is 0 Å². The molecule has 2 aromatic heterocycles. The molecule has 5 rings (SSSR count).